The Morgan fingerprint density at radius 1 is 1.38 bits per heavy atom. The minimum absolute atomic E-state index is 0. The lowest BCUT2D eigenvalue weighted by Crippen LogP contribution is -2.38. The van der Waals surface area contributed by atoms with Crippen molar-refractivity contribution in [2.75, 3.05) is 26.2 Å². The highest BCUT2D eigenvalue weighted by atomic mass is 127. The summed E-state index contributed by atoms with van der Waals surface area (Å²) in [7, 11) is 0. The largest absolute Gasteiger partial charge is 0.395 e. The molecule has 0 aromatic heterocycles. The van der Waals surface area contributed by atoms with E-state index < -0.39 is 0 Å². The third kappa shape index (κ3) is 8.57. The van der Waals surface area contributed by atoms with Gasteiger partial charge in [-0.05, 0) is 37.5 Å². The Hall–Kier alpha value is -0.410. The van der Waals surface area contributed by atoms with Crippen LogP contribution in [0.5, 0.6) is 0 Å². The molecule has 120 valence electrons. The summed E-state index contributed by atoms with van der Waals surface area (Å²) in [5.41, 5.74) is 0.705. The van der Waals surface area contributed by atoms with Crippen LogP contribution in [0.2, 0.25) is 0 Å². The number of aryl methyl sites for hydroxylation is 1. The van der Waals surface area contributed by atoms with E-state index in [1.807, 2.05) is 13.0 Å². The zero-order valence-corrected chi connectivity index (χ0v) is 15.9. The maximum Gasteiger partial charge on any atom is 0.191 e. The van der Waals surface area contributed by atoms with Gasteiger partial charge in [0.15, 0.2) is 5.96 Å². The molecule has 0 aliphatic rings. The molecule has 0 fully saturated rings. The van der Waals surface area contributed by atoms with Crippen LogP contribution in [0, 0.1) is 5.82 Å². The fraction of sp³-hybridized carbons (Fsp3) is 0.500. The first-order valence-corrected chi connectivity index (χ1v) is 7.53. The highest BCUT2D eigenvalue weighted by Gasteiger charge is 2.02. The van der Waals surface area contributed by atoms with Crippen molar-refractivity contribution in [3.8, 4) is 0 Å². The third-order valence-corrected chi connectivity index (χ3v) is 3.13. The van der Waals surface area contributed by atoms with Gasteiger partial charge in [0.25, 0.3) is 0 Å². The number of hydrogen-bond donors (Lipinski definition) is 3. The summed E-state index contributed by atoms with van der Waals surface area (Å²) >= 11 is 3.24. The van der Waals surface area contributed by atoms with Crippen LogP contribution in [0.15, 0.2) is 27.7 Å². The van der Waals surface area contributed by atoms with E-state index in [1.165, 1.54) is 6.07 Å². The molecule has 0 unspecified atom stereocenters. The van der Waals surface area contributed by atoms with Gasteiger partial charge in [0, 0.05) is 24.1 Å². The van der Waals surface area contributed by atoms with Crippen LogP contribution in [0.3, 0.4) is 0 Å². The quantitative estimate of drug-likeness (QED) is 0.247. The number of aliphatic imine (C=N–C) groups is 1. The molecule has 7 heteroatoms. The summed E-state index contributed by atoms with van der Waals surface area (Å²) in [5.74, 6) is 0.492. The Kier molecular flexibility index (Phi) is 11.9. The maximum absolute atomic E-state index is 13.6. The summed E-state index contributed by atoms with van der Waals surface area (Å²) < 4.78 is 14.4. The Morgan fingerprint density at radius 2 is 2.14 bits per heavy atom. The summed E-state index contributed by atoms with van der Waals surface area (Å²) in [6, 6.07) is 5.11. The van der Waals surface area contributed by atoms with Crippen molar-refractivity contribution in [3.05, 3.63) is 34.1 Å². The second-order valence-electron chi connectivity index (χ2n) is 4.25. The van der Waals surface area contributed by atoms with E-state index in [0.717, 1.165) is 17.4 Å². The molecule has 0 aliphatic heterocycles. The van der Waals surface area contributed by atoms with Gasteiger partial charge in [0.2, 0.25) is 0 Å². The number of aliphatic hydroxyl groups is 1. The smallest absolute Gasteiger partial charge is 0.191 e. The van der Waals surface area contributed by atoms with E-state index in [-0.39, 0.29) is 36.4 Å². The number of hydrogen-bond acceptors (Lipinski definition) is 2. The van der Waals surface area contributed by atoms with E-state index in [9.17, 15) is 4.39 Å². The van der Waals surface area contributed by atoms with Gasteiger partial charge in [-0.1, -0.05) is 22.0 Å². The van der Waals surface area contributed by atoms with E-state index in [1.54, 1.807) is 6.07 Å². The average molecular weight is 474 g/mol. The zero-order chi connectivity index (χ0) is 14.8. The van der Waals surface area contributed by atoms with Gasteiger partial charge >= 0.3 is 0 Å². The molecule has 1 rings (SSSR count). The molecule has 21 heavy (non-hydrogen) atoms. The summed E-state index contributed by atoms with van der Waals surface area (Å²) in [6.45, 7) is 3.88. The molecule has 0 atom stereocenters. The van der Waals surface area contributed by atoms with Crippen molar-refractivity contribution in [2.24, 2.45) is 4.99 Å². The third-order valence-electron chi connectivity index (χ3n) is 2.64. The number of halogens is 3. The van der Waals surface area contributed by atoms with Crippen LogP contribution >= 0.6 is 39.9 Å². The van der Waals surface area contributed by atoms with Crippen molar-refractivity contribution in [3.63, 3.8) is 0 Å². The van der Waals surface area contributed by atoms with Crippen LogP contribution in [0.25, 0.3) is 0 Å². The average Bonchev–Trinajstić information content (AvgIpc) is 2.42. The second-order valence-corrected chi connectivity index (χ2v) is 5.17. The number of aliphatic hydroxyl groups excluding tert-OH is 1. The monoisotopic (exact) mass is 473 g/mol. The molecule has 4 nitrogen and oxygen atoms in total. The second kappa shape index (κ2) is 12.2. The number of guanidine groups is 1. The lowest BCUT2D eigenvalue weighted by atomic mass is 10.1. The molecule has 1 aromatic carbocycles. The number of benzene rings is 1. The van der Waals surface area contributed by atoms with Gasteiger partial charge in [-0.25, -0.2) is 4.39 Å². The highest BCUT2D eigenvalue weighted by molar-refractivity contribution is 14.0. The van der Waals surface area contributed by atoms with Crippen LogP contribution in [-0.2, 0) is 6.42 Å². The van der Waals surface area contributed by atoms with Crippen LogP contribution in [0.4, 0.5) is 4.39 Å². The minimum atomic E-state index is -0.186. The van der Waals surface area contributed by atoms with Crippen molar-refractivity contribution >= 4 is 45.9 Å². The molecule has 0 radical (unpaired) electrons. The molecule has 0 saturated heterocycles. The molecule has 3 N–H and O–H groups in total. The maximum atomic E-state index is 13.6. The van der Waals surface area contributed by atoms with Crippen LogP contribution in [0.1, 0.15) is 18.9 Å². The first kappa shape index (κ1) is 20.6. The van der Waals surface area contributed by atoms with Crippen molar-refractivity contribution < 1.29 is 9.50 Å². The van der Waals surface area contributed by atoms with Crippen molar-refractivity contribution in [2.45, 2.75) is 19.8 Å². The van der Waals surface area contributed by atoms with Gasteiger partial charge in [0.05, 0.1) is 6.61 Å². The van der Waals surface area contributed by atoms with Crippen molar-refractivity contribution in [1.29, 1.82) is 0 Å². The van der Waals surface area contributed by atoms with Gasteiger partial charge < -0.3 is 15.7 Å². The van der Waals surface area contributed by atoms with Gasteiger partial charge in [-0.2, -0.15) is 0 Å². The summed E-state index contributed by atoms with van der Waals surface area (Å²) in [6.07, 6.45) is 1.43. The first-order chi connectivity index (χ1) is 9.67. The predicted molar refractivity (Wildman–Crippen MR) is 98.9 cm³/mol. The van der Waals surface area contributed by atoms with Crippen LogP contribution in [-0.4, -0.2) is 37.3 Å². The molecule has 0 spiro atoms. The fourth-order valence-corrected chi connectivity index (χ4v) is 2.03. The van der Waals surface area contributed by atoms with Crippen LogP contribution < -0.4 is 10.6 Å². The molecule has 0 aliphatic carbocycles. The van der Waals surface area contributed by atoms with Gasteiger partial charge in [0.1, 0.15) is 5.82 Å². The van der Waals surface area contributed by atoms with E-state index >= 15 is 0 Å². The fourth-order valence-electron chi connectivity index (χ4n) is 1.70. The Morgan fingerprint density at radius 3 is 2.76 bits per heavy atom. The van der Waals surface area contributed by atoms with E-state index in [2.05, 4.69) is 31.6 Å². The normalized spacial score (nSPS) is 11.0. The molecule has 0 amide bonds. The Bertz CT molecular complexity index is 446. The lowest BCUT2D eigenvalue weighted by molar-refractivity contribution is 0.300. The Balaban J connectivity index is 0.00000400. The summed E-state index contributed by atoms with van der Waals surface area (Å²) in [5, 5.41) is 14.8. The minimum Gasteiger partial charge on any atom is -0.395 e. The number of nitrogens with one attached hydrogen (secondary N) is 2. The molecular weight excluding hydrogens is 452 g/mol. The van der Waals surface area contributed by atoms with E-state index in [4.69, 9.17) is 5.11 Å². The SMILES string of the molecule is CCNC(=NCCCc1ccc(Br)cc1F)NCCO.I. The summed E-state index contributed by atoms with van der Waals surface area (Å²) in [4.78, 5) is 4.36. The first-order valence-electron chi connectivity index (χ1n) is 6.74. The zero-order valence-electron chi connectivity index (χ0n) is 12.0. The standard InChI is InChI=1S/C14H21BrFN3O.HI/c1-2-17-14(19-8-9-20)18-7-3-4-11-5-6-12(15)10-13(11)16;/h5-6,10,20H,2-4,7-9H2,1H3,(H2,17,18,19);1H. The topological polar surface area (TPSA) is 56.7 Å². The highest BCUT2D eigenvalue weighted by Crippen LogP contribution is 2.16. The Labute approximate surface area is 150 Å². The predicted octanol–water partition coefficient (Wildman–Crippen LogP) is 2.69. The lowest BCUT2D eigenvalue weighted by Gasteiger charge is -2.09. The van der Waals surface area contributed by atoms with Gasteiger partial charge in [-0.3, -0.25) is 4.99 Å². The van der Waals surface area contributed by atoms with E-state index in [0.29, 0.717) is 31.0 Å². The number of rotatable bonds is 7. The molecular formula is C14H22BrFIN3O. The molecule has 1 aromatic rings. The van der Waals surface area contributed by atoms with Gasteiger partial charge in [-0.15, -0.1) is 24.0 Å². The molecule has 0 heterocycles. The van der Waals surface area contributed by atoms with Crippen molar-refractivity contribution in [1.82, 2.24) is 10.6 Å². The molecule has 0 saturated carbocycles. The molecule has 0 bridgehead atoms. The number of nitrogens with zero attached hydrogens (tertiary/aromatic N) is 1.